The minimum absolute atomic E-state index is 0. The van der Waals surface area contributed by atoms with Crippen LogP contribution in [0.1, 0.15) is 117 Å². The van der Waals surface area contributed by atoms with Crippen LogP contribution in [0.3, 0.4) is 0 Å². The Bertz CT molecular complexity index is 1260. The van der Waals surface area contributed by atoms with Crippen molar-refractivity contribution in [3.63, 3.8) is 0 Å². The molecule has 0 amide bonds. The normalized spacial score (nSPS) is 22.8. The summed E-state index contributed by atoms with van der Waals surface area (Å²) in [4.78, 5) is 0. The molecule has 0 heterocycles. The molecular weight excluding hydrogens is 595 g/mol. The molecule has 2 aromatic rings. The Morgan fingerprint density at radius 2 is 1.21 bits per heavy atom. The molecule has 3 aliphatic carbocycles. The Balaban J connectivity index is 0.00000210. The quantitative estimate of drug-likeness (QED) is 0.455. The molecule has 39 heavy (non-hydrogen) atoms. The summed E-state index contributed by atoms with van der Waals surface area (Å²) in [5.41, 5.74) is 14.8. The fourth-order valence-corrected chi connectivity index (χ4v) is 8.78. The molecule has 0 spiro atoms. The molecule has 0 aromatic heterocycles. The van der Waals surface area contributed by atoms with Crippen molar-refractivity contribution in [1.29, 1.82) is 0 Å². The van der Waals surface area contributed by atoms with Gasteiger partial charge in [0.25, 0.3) is 0 Å². The van der Waals surface area contributed by atoms with E-state index in [9.17, 15) is 0 Å². The van der Waals surface area contributed by atoms with Gasteiger partial charge in [-0.25, -0.2) is 0 Å². The Hall–Kier alpha value is -0.617. The maximum Gasteiger partial charge on any atom is -1.00 e. The van der Waals surface area contributed by atoms with E-state index in [2.05, 4.69) is 119 Å². The Morgan fingerprint density at radius 3 is 1.59 bits per heavy atom. The minimum atomic E-state index is 0. The molecule has 0 aliphatic heterocycles. The van der Waals surface area contributed by atoms with Crippen molar-refractivity contribution in [2.45, 2.75) is 109 Å². The van der Waals surface area contributed by atoms with Gasteiger partial charge in [-0.05, 0) is 0 Å². The topological polar surface area (TPSA) is 0 Å². The van der Waals surface area contributed by atoms with Crippen LogP contribution in [0.15, 0.2) is 59.2 Å². The number of halogens is 2. The maximum atomic E-state index is 2.68. The molecule has 0 saturated heterocycles. The van der Waals surface area contributed by atoms with Crippen LogP contribution >= 0.6 is 0 Å². The molecule has 2 atom stereocenters. The van der Waals surface area contributed by atoms with Crippen LogP contribution in [0.25, 0.3) is 11.1 Å². The maximum absolute atomic E-state index is 2.68. The molecule has 209 valence electrons. The van der Waals surface area contributed by atoms with E-state index in [4.69, 9.17) is 0 Å². The molecule has 5 rings (SSSR count). The molecule has 2 unspecified atom stereocenters. The van der Waals surface area contributed by atoms with Crippen molar-refractivity contribution in [1.82, 2.24) is 0 Å². The van der Waals surface area contributed by atoms with Crippen LogP contribution in [0.2, 0.25) is 3.63 Å². The second-order valence-electron chi connectivity index (χ2n) is 15.5. The summed E-state index contributed by atoms with van der Waals surface area (Å²) in [6.07, 6.45) is 5.17. The molecule has 0 fully saturated rings. The fourth-order valence-electron chi connectivity index (χ4n) is 7.32. The number of fused-ring (bicyclic) bond motifs is 3. The first-order valence-corrected chi connectivity index (χ1v) is 15.8. The van der Waals surface area contributed by atoms with Gasteiger partial charge in [-0.3, -0.25) is 0 Å². The smallest absolute Gasteiger partial charge is 1.00 e. The van der Waals surface area contributed by atoms with E-state index in [1.165, 1.54) is 35.1 Å². The van der Waals surface area contributed by atoms with Crippen molar-refractivity contribution < 1.29 is 49.5 Å². The molecule has 0 N–H and O–H groups in total. The third-order valence-electron chi connectivity index (χ3n) is 9.77. The third-order valence-corrected chi connectivity index (χ3v) is 11.1. The molecule has 3 aliphatic rings. The summed E-state index contributed by atoms with van der Waals surface area (Å²) in [6.45, 7) is 26.4. The molecule has 0 saturated carbocycles. The molecule has 3 heteroatoms. The number of rotatable bonds is 2. The first-order valence-electron chi connectivity index (χ1n) is 14.4. The summed E-state index contributed by atoms with van der Waals surface area (Å²) in [7, 11) is 0. The summed E-state index contributed by atoms with van der Waals surface area (Å²) < 4.78 is 0.727. The summed E-state index contributed by atoms with van der Waals surface area (Å²) in [5.74, 6) is 0.979. The van der Waals surface area contributed by atoms with Gasteiger partial charge in [-0.1, -0.05) is 0 Å². The molecule has 2 aromatic carbocycles. The van der Waals surface area contributed by atoms with Gasteiger partial charge in [0, 0.05) is 0 Å². The zero-order chi connectivity index (χ0) is 27.3. The Morgan fingerprint density at radius 1 is 0.744 bits per heavy atom. The SMILES string of the molecule is CC(C)C1(C2c3cc(C(C)(C)C)ccc3-c3ccc(C(C)(C)C)cc32)C[CH]([Zr+2])C2=C1C=C(C(C)(C)C)C2.[Cl-].[Cl-]. The fraction of sp³-hybridized carbons (Fsp3) is 0.556. The molecule has 0 radical (unpaired) electrons. The van der Waals surface area contributed by atoms with E-state index in [1.807, 2.05) is 0 Å². The zero-order valence-corrected chi connectivity index (χ0v) is 29.9. The average molecular weight is 642 g/mol. The van der Waals surface area contributed by atoms with Crippen LogP contribution in [-0.2, 0) is 35.5 Å². The van der Waals surface area contributed by atoms with Crippen molar-refractivity contribution in [2.24, 2.45) is 16.7 Å². The van der Waals surface area contributed by atoms with E-state index >= 15 is 0 Å². The van der Waals surface area contributed by atoms with E-state index in [1.54, 1.807) is 52.6 Å². The van der Waals surface area contributed by atoms with Gasteiger partial charge in [0.05, 0.1) is 0 Å². The van der Waals surface area contributed by atoms with E-state index in [0.29, 0.717) is 11.8 Å². The van der Waals surface area contributed by atoms with E-state index in [-0.39, 0.29) is 46.5 Å². The minimum Gasteiger partial charge on any atom is -1.00 e. The number of hydrogen-bond acceptors (Lipinski definition) is 0. The Labute approximate surface area is 266 Å². The standard InChI is InChI=1S/C36H47.2ClH.Zr/c1-22(2)36(17-16-23-18-26(21-31(23)36)35(9,10)11)32-29-19-24(33(3,4)5)12-14-27(29)28-15-13-25(20-30(28)32)34(6,7)8;;;/h12-16,19-22,32H,17-18H2,1-11H3;2*1H;/q;;;+2/p-2. The largest absolute Gasteiger partial charge is 1.00 e. The summed E-state index contributed by atoms with van der Waals surface area (Å²) in [5, 5.41) is 0. The summed E-state index contributed by atoms with van der Waals surface area (Å²) >= 11 is 1.69. The van der Waals surface area contributed by atoms with Gasteiger partial charge < -0.3 is 24.8 Å². The second kappa shape index (κ2) is 10.6. The molecule has 0 nitrogen and oxygen atoms in total. The van der Waals surface area contributed by atoms with Gasteiger partial charge >= 0.3 is 243 Å². The van der Waals surface area contributed by atoms with Crippen LogP contribution in [0.5, 0.6) is 0 Å². The van der Waals surface area contributed by atoms with E-state index < -0.39 is 0 Å². The van der Waals surface area contributed by atoms with Gasteiger partial charge in [-0.2, -0.15) is 0 Å². The van der Waals surface area contributed by atoms with Gasteiger partial charge in [-0.15, -0.1) is 0 Å². The van der Waals surface area contributed by atoms with Crippen LogP contribution in [0, 0.1) is 16.7 Å². The van der Waals surface area contributed by atoms with Crippen LogP contribution in [0.4, 0.5) is 0 Å². The first kappa shape index (κ1) is 32.9. The average Bonchev–Trinajstić information content (AvgIpc) is 3.42. The number of benzene rings is 2. The zero-order valence-electron chi connectivity index (χ0n) is 25.9. The predicted molar refractivity (Wildman–Crippen MR) is 156 cm³/mol. The monoisotopic (exact) mass is 639 g/mol. The molecular formula is C36H47Cl2Zr. The second-order valence-corrected chi connectivity index (χ2v) is 17.2. The van der Waals surface area contributed by atoms with Crippen LogP contribution < -0.4 is 24.8 Å². The summed E-state index contributed by atoms with van der Waals surface area (Å²) in [6, 6.07) is 14.9. The van der Waals surface area contributed by atoms with Crippen molar-refractivity contribution in [3.05, 3.63) is 81.4 Å². The van der Waals surface area contributed by atoms with Crippen LogP contribution in [-0.4, -0.2) is 0 Å². The first-order chi connectivity index (χ1) is 17.0. The van der Waals surface area contributed by atoms with E-state index in [0.717, 1.165) is 3.63 Å². The molecule has 0 bridgehead atoms. The van der Waals surface area contributed by atoms with Crippen molar-refractivity contribution in [3.8, 4) is 11.1 Å². The van der Waals surface area contributed by atoms with Gasteiger partial charge in [0.15, 0.2) is 0 Å². The van der Waals surface area contributed by atoms with Crippen molar-refractivity contribution >= 4 is 0 Å². The third kappa shape index (κ3) is 5.25. The Kier molecular flexibility index (Phi) is 8.92. The van der Waals surface area contributed by atoms with Gasteiger partial charge in [0.1, 0.15) is 0 Å². The van der Waals surface area contributed by atoms with Gasteiger partial charge in [0.2, 0.25) is 0 Å². The number of hydrogen-bond donors (Lipinski definition) is 0. The predicted octanol–water partition coefficient (Wildman–Crippen LogP) is 4.46. The number of allylic oxidation sites excluding steroid dienone is 4. The van der Waals surface area contributed by atoms with Crippen molar-refractivity contribution in [2.75, 3.05) is 0 Å².